The fraction of sp³-hybridized carbons (Fsp3) is 0.571. The van der Waals surface area contributed by atoms with E-state index >= 15 is 0 Å². The summed E-state index contributed by atoms with van der Waals surface area (Å²) in [4.78, 5) is 14.9. The molecule has 1 N–H and O–H groups in total. The van der Waals surface area contributed by atoms with Crippen molar-refractivity contribution in [3.05, 3.63) is 36.1 Å². The zero-order valence-electron chi connectivity index (χ0n) is 15.9. The van der Waals surface area contributed by atoms with E-state index < -0.39 is 0 Å². The minimum Gasteiger partial charge on any atom is -0.459 e. The Bertz CT molecular complexity index is 661. The molecule has 0 saturated carbocycles. The van der Waals surface area contributed by atoms with Gasteiger partial charge in [-0.1, -0.05) is 25.1 Å². The van der Waals surface area contributed by atoms with Gasteiger partial charge in [0.1, 0.15) is 11.3 Å². The van der Waals surface area contributed by atoms with Gasteiger partial charge in [0.05, 0.1) is 6.04 Å². The first kappa shape index (κ1) is 20.8. The van der Waals surface area contributed by atoms with Crippen molar-refractivity contribution in [2.75, 3.05) is 19.6 Å². The number of carbonyl (C=O) groups is 1. The van der Waals surface area contributed by atoms with Crippen LogP contribution in [0.4, 0.5) is 0 Å². The van der Waals surface area contributed by atoms with Gasteiger partial charge in [-0.25, -0.2) is 0 Å². The van der Waals surface area contributed by atoms with Crippen LogP contribution in [0.15, 0.2) is 34.7 Å². The molecule has 2 aromatic rings. The van der Waals surface area contributed by atoms with Gasteiger partial charge >= 0.3 is 0 Å². The molecule has 0 radical (unpaired) electrons. The lowest BCUT2D eigenvalue weighted by Gasteiger charge is -2.29. The third kappa shape index (κ3) is 5.01. The number of carbonyl (C=O) groups excluding carboxylic acids is 1. The van der Waals surface area contributed by atoms with Crippen molar-refractivity contribution in [1.29, 1.82) is 0 Å². The monoisotopic (exact) mass is 378 g/mol. The van der Waals surface area contributed by atoms with Crippen LogP contribution in [-0.4, -0.2) is 30.4 Å². The van der Waals surface area contributed by atoms with E-state index in [-0.39, 0.29) is 24.4 Å². The van der Waals surface area contributed by atoms with Crippen LogP contribution in [0.1, 0.15) is 57.8 Å². The summed E-state index contributed by atoms with van der Waals surface area (Å²) in [5, 5.41) is 4.49. The second-order valence-electron chi connectivity index (χ2n) is 7.18. The Balaban J connectivity index is 0.00000243. The van der Waals surface area contributed by atoms with Gasteiger partial charge in [0.2, 0.25) is 5.91 Å². The zero-order chi connectivity index (χ0) is 17.6. The fourth-order valence-corrected chi connectivity index (χ4v) is 3.78. The first-order valence-corrected chi connectivity index (χ1v) is 9.67. The van der Waals surface area contributed by atoms with Gasteiger partial charge in [-0.2, -0.15) is 0 Å². The van der Waals surface area contributed by atoms with Crippen molar-refractivity contribution >= 4 is 29.3 Å². The molecule has 5 heteroatoms. The van der Waals surface area contributed by atoms with E-state index in [1.165, 1.54) is 12.8 Å². The lowest BCUT2D eigenvalue weighted by Crippen LogP contribution is -2.35. The van der Waals surface area contributed by atoms with Gasteiger partial charge in [-0.15, -0.1) is 12.4 Å². The number of piperidine rings is 1. The lowest BCUT2D eigenvalue weighted by molar-refractivity contribution is -0.134. The van der Waals surface area contributed by atoms with E-state index in [4.69, 9.17) is 4.42 Å². The Kier molecular flexibility index (Phi) is 7.98. The van der Waals surface area contributed by atoms with Crippen LogP contribution in [0.5, 0.6) is 0 Å². The predicted molar refractivity (Wildman–Crippen MR) is 109 cm³/mol. The van der Waals surface area contributed by atoms with Gasteiger partial charge in [0.15, 0.2) is 0 Å². The third-order valence-electron chi connectivity index (χ3n) is 5.33. The Labute approximate surface area is 162 Å². The quantitative estimate of drug-likeness (QED) is 0.742. The van der Waals surface area contributed by atoms with E-state index in [1.54, 1.807) is 0 Å². The number of para-hydroxylation sites is 1. The lowest BCUT2D eigenvalue weighted by atomic mass is 9.93. The maximum absolute atomic E-state index is 12.9. The number of hydrogen-bond donors (Lipinski definition) is 1. The molecule has 0 aliphatic carbocycles. The van der Waals surface area contributed by atoms with Gasteiger partial charge < -0.3 is 14.6 Å². The molecule has 1 fully saturated rings. The second-order valence-corrected chi connectivity index (χ2v) is 7.18. The summed E-state index contributed by atoms with van der Waals surface area (Å²) in [6, 6.07) is 10.1. The molecular weight excluding hydrogens is 348 g/mol. The van der Waals surface area contributed by atoms with E-state index in [0.29, 0.717) is 12.3 Å². The number of nitrogens with one attached hydrogen (secondary N) is 1. The number of amides is 1. The minimum absolute atomic E-state index is 0. The molecule has 1 amide bonds. The molecule has 0 spiro atoms. The molecule has 1 aromatic carbocycles. The molecular formula is C21H31ClN2O2. The molecule has 26 heavy (non-hydrogen) atoms. The molecule has 2 heterocycles. The Morgan fingerprint density at radius 3 is 2.73 bits per heavy atom. The maximum Gasteiger partial charge on any atom is 0.223 e. The van der Waals surface area contributed by atoms with Gasteiger partial charge in [-0.05, 0) is 63.7 Å². The number of hydrogen-bond acceptors (Lipinski definition) is 3. The molecule has 4 nitrogen and oxygen atoms in total. The first-order valence-electron chi connectivity index (χ1n) is 9.67. The van der Waals surface area contributed by atoms with Crippen LogP contribution in [0.2, 0.25) is 0 Å². The largest absolute Gasteiger partial charge is 0.459 e. The summed E-state index contributed by atoms with van der Waals surface area (Å²) in [7, 11) is 0. The Hall–Kier alpha value is -1.52. The van der Waals surface area contributed by atoms with Gasteiger partial charge in [-0.3, -0.25) is 4.79 Å². The van der Waals surface area contributed by atoms with E-state index in [0.717, 1.165) is 49.2 Å². The SMILES string of the molecule is CCCN(C(=O)CCC1CCNCC1)C(C)c1cc2ccccc2o1.Cl. The number of rotatable bonds is 7. The smallest absolute Gasteiger partial charge is 0.223 e. The highest BCUT2D eigenvalue weighted by molar-refractivity contribution is 5.85. The molecule has 144 valence electrons. The normalized spacial score (nSPS) is 16.2. The second kappa shape index (κ2) is 9.98. The summed E-state index contributed by atoms with van der Waals surface area (Å²) in [5.41, 5.74) is 0.892. The van der Waals surface area contributed by atoms with Crippen molar-refractivity contribution in [3.8, 4) is 0 Å². The van der Waals surface area contributed by atoms with Gasteiger partial charge in [0.25, 0.3) is 0 Å². The minimum atomic E-state index is -0.0205. The highest BCUT2D eigenvalue weighted by Crippen LogP contribution is 2.28. The van der Waals surface area contributed by atoms with Crippen molar-refractivity contribution in [1.82, 2.24) is 10.2 Å². The van der Waals surface area contributed by atoms with Crippen molar-refractivity contribution < 1.29 is 9.21 Å². The van der Waals surface area contributed by atoms with Crippen LogP contribution < -0.4 is 5.32 Å². The molecule has 1 aliphatic heterocycles. The summed E-state index contributed by atoms with van der Waals surface area (Å²) >= 11 is 0. The van der Waals surface area contributed by atoms with Crippen molar-refractivity contribution in [2.45, 2.75) is 52.0 Å². The summed E-state index contributed by atoms with van der Waals surface area (Å²) in [6.07, 6.45) is 5.01. The van der Waals surface area contributed by atoms with E-state index in [9.17, 15) is 4.79 Å². The average Bonchev–Trinajstić information content (AvgIpc) is 3.09. The number of fused-ring (bicyclic) bond motifs is 1. The molecule has 0 bridgehead atoms. The predicted octanol–water partition coefficient (Wildman–Crippen LogP) is 4.93. The van der Waals surface area contributed by atoms with E-state index in [2.05, 4.69) is 31.3 Å². The first-order chi connectivity index (χ1) is 12.2. The molecule has 3 rings (SSSR count). The zero-order valence-corrected chi connectivity index (χ0v) is 16.7. The Morgan fingerprint density at radius 2 is 2.04 bits per heavy atom. The summed E-state index contributed by atoms with van der Waals surface area (Å²) < 4.78 is 6.00. The number of nitrogens with zero attached hydrogens (tertiary/aromatic N) is 1. The Morgan fingerprint density at radius 1 is 1.31 bits per heavy atom. The average molecular weight is 379 g/mol. The molecule has 1 unspecified atom stereocenters. The number of benzene rings is 1. The molecule has 1 atom stereocenters. The van der Waals surface area contributed by atoms with Gasteiger partial charge in [0, 0.05) is 18.4 Å². The summed E-state index contributed by atoms with van der Waals surface area (Å²) in [5.74, 6) is 1.83. The highest BCUT2D eigenvalue weighted by Gasteiger charge is 2.24. The fourth-order valence-electron chi connectivity index (χ4n) is 3.78. The van der Waals surface area contributed by atoms with E-state index in [1.807, 2.05) is 23.1 Å². The van der Waals surface area contributed by atoms with Crippen LogP contribution in [0.3, 0.4) is 0 Å². The summed E-state index contributed by atoms with van der Waals surface area (Å²) in [6.45, 7) is 7.16. The van der Waals surface area contributed by atoms with Crippen LogP contribution in [0, 0.1) is 5.92 Å². The molecule has 1 aliphatic rings. The number of halogens is 1. The maximum atomic E-state index is 12.9. The van der Waals surface area contributed by atoms with Crippen LogP contribution in [0.25, 0.3) is 11.0 Å². The van der Waals surface area contributed by atoms with Crippen LogP contribution in [-0.2, 0) is 4.79 Å². The third-order valence-corrected chi connectivity index (χ3v) is 5.33. The van der Waals surface area contributed by atoms with Crippen molar-refractivity contribution in [3.63, 3.8) is 0 Å². The topological polar surface area (TPSA) is 45.5 Å². The number of furan rings is 1. The van der Waals surface area contributed by atoms with Crippen LogP contribution >= 0.6 is 12.4 Å². The standard InChI is InChI=1S/C21H30N2O2.ClH/c1-3-14-23(21(24)9-8-17-10-12-22-13-11-17)16(2)20-15-18-6-4-5-7-19(18)25-20;/h4-7,15-17,22H,3,8-14H2,1-2H3;1H. The molecule has 1 saturated heterocycles. The van der Waals surface area contributed by atoms with Crippen molar-refractivity contribution in [2.24, 2.45) is 5.92 Å². The molecule has 1 aromatic heterocycles. The highest BCUT2D eigenvalue weighted by atomic mass is 35.5.